The summed E-state index contributed by atoms with van der Waals surface area (Å²) < 4.78 is 26.6. The van der Waals surface area contributed by atoms with E-state index < -0.39 is 12.6 Å². The van der Waals surface area contributed by atoms with E-state index in [-0.39, 0.29) is 5.91 Å². The van der Waals surface area contributed by atoms with Gasteiger partial charge in [0.05, 0.1) is 12.6 Å². The van der Waals surface area contributed by atoms with Crippen LogP contribution >= 0.6 is 0 Å². The van der Waals surface area contributed by atoms with Crippen molar-refractivity contribution in [1.29, 1.82) is 0 Å². The summed E-state index contributed by atoms with van der Waals surface area (Å²) >= 11 is 0. The van der Waals surface area contributed by atoms with Crippen molar-refractivity contribution < 1.29 is 13.6 Å². The molecule has 0 saturated carbocycles. The Bertz CT molecular complexity index is 713. The lowest BCUT2D eigenvalue weighted by molar-refractivity contribution is -0.134. The van der Waals surface area contributed by atoms with Gasteiger partial charge in [0, 0.05) is 38.6 Å². The van der Waals surface area contributed by atoms with Crippen molar-refractivity contribution in [3.63, 3.8) is 0 Å². The highest BCUT2D eigenvalue weighted by atomic mass is 19.3. The lowest BCUT2D eigenvalue weighted by Gasteiger charge is -2.35. The smallest absolute Gasteiger partial charge is 0.319 e. The Hall–Kier alpha value is -2.32. The Labute approximate surface area is 151 Å². The van der Waals surface area contributed by atoms with Gasteiger partial charge in [0.25, 0.3) is 0 Å². The molecule has 1 aliphatic rings. The molecule has 6 nitrogen and oxygen atoms in total. The predicted octanol–water partition coefficient (Wildman–Crippen LogP) is 1.49. The van der Waals surface area contributed by atoms with Gasteiger partial charge in [0.2, 0.25) is 5.91 Å². The van der Waals surface area contributed by atoms with Gasteiger partial charge >= 0.3 is 6.55 Å². The maximum absolute atomic E-state index is 12.9. The first kappa shape index (κ1) is 18.5. The molecule has 0 aliphatic carbocycles. The van der Waals surface area contributed by atoms with Crippen molar-refractivity contribution in [2.45, 2.75) is 25.6 Å². The SMILES string of the molecule is NC(Cc1ccccc1)C(=O)N1CCN(Cc2nccn2C(F)F)CC1. The number of alkyl halides is 2. The molecule has 1 fully saturated rings. The lowest BCUT2D eigenvalue weighted by Crippen LogP contribution is -2.53. The maximum Gasteiger partial charge on any atom is 0.319 e. The Morgan fingerprint density at radius 1 is 1.15 bits per heavy atom. The van der Waals surface area contributed by atoms with E-state index in [1.54, 1.807) is 4.90 Å². The Balaban J connectivity index is 1.50. The molecule has 2 heterocycles. The Kier molecular flexibility index (Phi) is 5.95. The number of carbonyl (C=O) groups excluding carboxylic acids is 1. The summed E-state index contributed by atoms with van der Waals surface area (Å²) in [5.74, 6) is 0.267. The second-order valence-electron chi connectivity index (χ2n) is 6.43. The summed E-state index contributed by atoms with van der Waals surface area (Å²) in [5.41, 5.74) is 7.11. The standard InChI is InChI=1S/C18H23F2N5O/c19-18(20)25-7-6-22-16(25)13-23-8-10-24(11-9-23)17(26)15(21)12-14-4-2-1-3-5-14/h1-7,15,18H,8-13,21H2. The van der Waals surface area contributed by atoms with E-state index in [0.717, 1.165) is 10.1 Å². The largest absolute Gasteiger partial charge is 0.339 e. The van der Waals surface area contributed by atoms with E-state index in [1.807, 2.05) is 35.2 Å². The van der Waals surface area contributed by atoms with Crippen LogP contribution in [0, 0.1) is 0 Å². The number of carbonyl (C=O) groups is 1. The molecule has 1 amide bonds. The van der Waals surface area contributed by atoms with Gasteiger partial charge in [-0.1, -0.05) is 30.3 Å². The van der Waals surface area contributed by atoms with E-state index in [2.05, 4.69) is 4.98 Å². The summed E-state index contributed by atoms with van der Waals surface area (Å²) in [6.07, 6.45) is 3.16. The highest BCUT2D eigenvalue weighted by Crippen LogP contribution is 2.15. The molecule has 0 radical (unpaired) electrons. The summed E-state index contributed by atoms with van der Waals surface area (Å²) in [5, 5.41) is 0. The molecule has 1 aromatic carbocycles. The summed E-state index contributed by atoms with van der Waals surface area (Å²) in [6.45, 7) is 0.0502. The zero-order valence-corrected chi connectivity index (χ0v) is 14.5. The number of hydrogen-bond acceptors (Lipinski definition) is 4. The van der Waals surface area contributed by atoms with Gasteiger partial charge in [-0.05, 0) is 12.0 Å². The molecule has 8 heteroatoms. The zero-order chi connectivity index (χ0) is 18.5. The van der Waals surface area contributed by atoms with Gasteiger partial charge < -0.3 is 10.6 Å². The third-order valence-corrected chi connectivity index (χ3v) is 4.62. The maximum atomic E-state index is 12.9. The van der Waals surface area contributed by atoms with Gasteiger partial charge in [0.15, 0.2) is 0 Å². The second-order valence-corrected chi connectivity index (χ2v) is 6.43. The van der Waals surface area contributed by atoms with Gasteiger partial charge in [0.1, 0.15) is 5.82 Å². The molecule has 1 aliphatic heterocycles. The Morgan fingerprint density at radius 3 is 2.50 bits per heavy atom. The summed E-state index contributed by atoms with van der Waals surface area (Å²) in [6, 6.07) is 9.12. The van der Waals surface area contributed by atoms with Crippen LogP contribution in [0.3, 0.4) is 0 Å². The van der Waals surface area contributed by atoms with Crippen molar-refractivity contribution in [1.82, 2.24) is 19.4 Å². The number of hydrogen-bond donors (Lipinski definition) is 1. The van der Waals surface area contributed by atoms with Crippen LogP contribution in [-0.4, -0.2) is 57.5 Å². The highest BCUT2D eigenvalue weighted by Gasteiger charge is 2.26. The first-order valence-corrected chi connectivity index (χ1v) is 8.65. The summed E-state index contributed by atoms with van der Waals surface area (Å²) in [4.78, 5) is 20.3. The molecule has 1 saturated heterocycles. The molecule has 0 spiro atoms. The van der Waals surface area contributed by atoms with Gasteiger partial charge in [-0.15, -0.1) is 0 Å². The third kappa shape index (κ3) is 4.44. The van der Waals surface area contributed by atoms with Crippen molar-refractivity contribution in [2.24, 2.45) is 5.73 Å². The number of amides is 1. The van der Waals surface area contributed by atoms with E-state index in [9.17, 15) is 13.6 Å². The third-order valence-electron chi connectivity index (χ3n) is 4.62. The number of aromatic nitrogens is 2. The molecular formula is C18H23F2N5O. The minimum atomic E-state index is -2.59. The van der Waals surface area contributed by atoms with Crippen LogP contribution in [0.4, 0.5) is 8.78 Å². The van der Waals surface area contributed by atoms with Crippen molar-refractivity contribution >= 4 is 5.91 Å². The van der Waals surface area contributed by atoms with Gasteiger partial charge in [-0.2, -0.15) is 8.78 Å². The summed E-state index contributed by atoms with van der Waals surface area (Å²) in [7, 11) is 0. The predicted molar refractivity (Wildman–Crippen MR) is 93.5 cm³/mol. The molecular weight excluding hydrogens is 340 g/mol. The number of rotatable bonds is 6. The molecule has 26 heavy (non-hydrogen) atoms. The fourth-order valence-corrected chi connectivity index (χ4v) is 3.16. The van der Waals surface area contributed by atoms with Gasteiger partial charge in [-0.3, -0.25) is 14.3 Å². The number of nitrogens with zero attached hydrogens (tertiary/aromatic N) is 4. The monoisotopic (exact) mass is 363 g/mol. The molecule has 0 bridgehead atoms. The average molecular weight is 363 g/mol. The minimum Gasteiger partial charge on any atom is -0.339 e. The molecule has 2 aromatic rings. The van der Waals surface area contributed by atoms with E-state index in [4.69, 9.17) is 5.73 Å². The van der Waals surface area contributed by atoms with Crippen LogP contribution in [-0.2, 0) is 17.8 Å². The average Bonchev–Trinajstić information content (AvgIpc) is 3.11. The van der Waals surface area contributed by atoms with Crippen LogP contribution in [0.25, 0.3) is 0 Å². The quantitative estimate of drug-likeness (QED) is 0.845. The Morgan fingerprint density at radius 2 is 1.85 bits per heavy atom. The normalized spacial score (nSPS) is 16.8. The van der Waals surface area contributed by atoms with Gasteiger partial charge in [-0.25, -0.2) is 4.98 Å². The zero-order valence-electron chi connectivity index (χ0n) is 14.5. The van der Waals surface area contributed by atoms with Crippen LogP contribution in [0.15, 0.2) is 42.7 Å². The van der Waals surface area contributed by atoms with E-state index >= 15 is 0 Å². The molecule has 3 rings (SSSR count). The van der Waals surface area contributed by atoms with Crippen molar-refractivity contribution in [3.8, 4) is 0 Å². The highest BCUT2D eigenvalue weighted by molar-refractivity contribution is 5.82. The molecule has 1 unspecified atom stereocenters. The van der Waals surface area contributed by atoms with Crippen LogP contribution in [0.1, 0.15) is 17.9 Å². The van der Waals surface area contributed by atoms with Crippen LogP contribution in [0.2, 0.25) is 0 Å². The van der Waals surface area contributed by atoms with E-state index in [0.29, 0.717) is 45.0 Å². The molecule has 2 N–H and O–H groups in total. The fraction of sp³-hybridized carbons (Fsp3) is 0.444. The molecule has 1 aromatic heterocycles. The number of halogens is 2. The van der Waals surface area contributed by atoms with E-state index in [1.165, 1.54) is 12.4 Å². The van der Waals surface area contributed by atoms with Crippen LogP contribution in [0.5, 0.6) is 0 Å². The first-order valence-electron chi connectivity index (χ1n) is 8.65. The van der Waals surface area contributed by atoms with Crippen molar-refractivity contribution in [3.05, 3.63) is 54.1 Å². The molecule has 140 valence electrons. The molecule has 1 atom stereocenters. The number of imidazole rings is 1. The topological polar surface area (TPSA) is 67.4 Å². The fourth-order valence-electron chi connectivity index (χ4n) is 3.16. The minimum absolute atomic E-state index is 0.0671. The lowest BCUT2D eigenvalue weighted by atomic mass is 10.1. The second kappa shape index (κ2) is 8.37. The number of benzene rings is 1. The van der Waals surface area contributed by atoms with Crippen LogP contribution < -0.4 is 5.73 Å². The number of piperazine rings is 1. The first-order chi connectivity index (χ1) is 12.5. The number of nitrogens with two attached hydrogens (primary N) is 1. The van der Waals surface area contributed by atoms with Crippen molar-refractivity contribution in [2.75, 3.05) is 26.2 Å².